The number of fused-ring (bicyclic) bond motifs is 1. The molecule has 0 aliphatic rings. The molecular weight excluding hydrogens is 201 g/mol. The Balaban J connectivity index is 2.97. The number of carboxylic acid groups (broad SMARTS) is 1. The molecule has 1 aromatic heterocycles. The summed E-state index contributed by atoms with van der Waals surface area (Å²) in [5, 5.41) is 9.40. The van der Waals surface area contributed by atoms with Gasteiger partial charge in [0.1, 0.15) is 11.4 Å². The number of carboxylic acids is 1. The van der Waals surface area contributed by atoms with Crippen LogP contribution in [0.1, 0.15) is 10.4 Å². The van der Waals surface area contributed by atoms with Crippen LogP contribution in [0.25, 0.3) is 10.8 Å². The van der Waals surface area contributed by atoms with E-state index in [-0.39, 0.29) is 5.39 Å². The lowest BCUT2D eigenvalue weighted by Crippen LogP contribution is -2.17. The van der Waals surface area contributed by atoms with Crippen LogP contribution in [-0.4, -0.2) is 16.1 Å². The van der Waals surface area contributed by atoms with Crippen molar-refractivity contribution in [1.82, 2.24) is 4.98 Å². The number of hydrogen-bond donors (Lipinski definition) is 2. The van der Waals surface area contributed by atoms with Gasteiger partial charge in [0.25, 0.3) is 5.56 Å². The molecule has 0 aliphatic carbocycles. The number of aromatic nitrogens is 1. The highest BCUT2D eigenvalue weighted by Gasteiger charge is 2.13. The van der Waals surface area contributed by atoms with E-state index in [4.69, 9.17) is 5.11 Å². The third kappa shape index (κ3) is 1.48. The number of halogens is 1. The van der Waals surface area contributed by atoms with Gasteiger partial charge in [-0.2, -0.15) is 0 Å². The van der Waals surface area contributed by atoms with Crippen molar-refractivity contribution in [2.24, 2.45) is 0 Å². The molecule has 2 N–H and O–H groups in total. The van der Waals surface area contributed by atoms with E-state index >= 15 is 0 Å². The minimum Gasteiger partial charge on any atom is -0.477 e. The fourth-order valence-corrected chi connectivity index (χ4v) is 1.42. The molecule has 0 aliphatic heterocycles. The van der Waals surface area contributed by atoms with Crippen molar-refractivity contribution in [1.29, 1.82) is 0 Å². The predicted octanol–water partition coefficient (Wildman–Crippen LogP) is 1.37. The monoisotopic (exact) mass is 207 g/mol. The van der Waals surface area contributed by atoms with Crippen molar-refractivity contribution < 1.29 is 14.3 Å². The van der Waals surface area contributed by atoms with E-state index in [0.717, 1.165) is 6.07 Å². The van der Waals surface area contributed by atoms with Crippen molar-refractivity contribution in [3.63, 3.8) is 0 Å². The molecule has 0 spiro atoms. The lowest BCUT2D eigenvalue weighted by molar-refractivity contribution is 0.0697. The van der Waals surface area contributed by atoms with Crippen molar-refractivity contribution in [3.8, 4) is 0 Å². The summed E-state index contributed by atoms with van der Waals surface area (Å²) in [5.41, 5.74) is -1.17. The number of rotatable bonds is 1. The largest absolute Gasteiger partial charge is 0.477 e. The van der Waals surface area contributed by atoms with Crippen LogP contribution < -0.4 is 5.56 Å². The molecule has 5 heteroatoms. The molecule has 0 atom stereocenters. The Morgan fingerprint density at radius 1 is 1.40 bits per heavy atom. The van der Waals surface area contributed by atoms with Crippen LogP contribution in [0.2, 0.25) is 0 Å². The molecule has 2 aromatic rings. The molecule has 2 rings (SSSR count). The van der Waals surface area contributed by atoms with Crippen LogP contribution in [0, 0.1) is 5.82 Å². The van der Waals surface area contributed by atoms with E-state index in [1.54, 1.807) is 0 Å². The minimum atomic E-state index is -1.37. The Kier molecular flexibility index (Phi) is 2.00. The normalized spacial score (nSPS) is 10.5. The zero-order valence-corrected chi connectivity index (χ0v) is 7.45. The Labute approximate surface area is 83.0 Å². The minimum absolute atomic E-state index is 0.103. The smallest absolute Gasteiger partial charge is 0.341 e. The summed E-state index contributed by atoms with van der Waals surface area (Å²) in [4.78, 5) is 24.3. The quantitative estimate of drug-likeness (QED) is 0.741. The number of benzene rings is 1. The molecule has 4 nitrogen and oxygen atoms in total. The number of pyridine rings is 1. The van der Waals surface area contributed by atoms with Crippen LogP contribution >= 0.6 is 0 Å². The molecule has 0 radical (unpaired) electrons. The maximum atomic E-state index is 12.9. The van der Waals surface area contributed by atoms with E-state index in [9.17, 15) is 14.0 Å². The zero-order valence-electron chi connectivity index (χ0n) is 7.45. The Morgan fingerprint density at radius 2 is 2.13 bits per heavy atom. The topological polar surface area (TPSA) is 70.2 Å². The van der Waals surface area contributed by atoms with Crippen LogP contribution in [0.3, 0.4) is 0 Å². The number of hydrogen-bond acceptors (Lipinski definition) is 2. The second kappa shape index (κ2) is 3.20. The average Bonchev–Trinajstić information content (AvgIpc) is 2.16. The first-order valence-electron chi connectivity index (χ1n) is 4.14. The number of aromatic carboxylic acids is 1. The molecule has 0 bridgehead atoms. The van der Waals surface area contributed by atoms with Gasteiger partial charge in [-0.25, -0.2) is 9.18 Å². The Hall–Kier alpha value is -2.17. The second-order valence-electron chi connectivity index (χ2n) is 3.03. The van der Waals surface area contributed by atoms with Crippen LogP contribution in [0.15, 0.2) is 29.2 Å². The van der Waals surface area contributed by atoms with Gasteiger partial charge in [0.2, 0.25) is 0 Å². The summed E-state index contributed by atoms with van der Waals surface area (Å²) in [7, 11) is 0. The van der Waals surface area contributed by atoms with Crippen molar-refractivity contribution in [3.05, 3.63) is 46.1 Å². The molecular formula is C10H6FNO3. The number of aromatic amines is 1. The van der Waals surface area contributed by atoms with Gasteiger partial charge < -0.3 is 10.1 Å². The van der Waals surface area contributed by atoms with E-state index in [1.807, 2.05) is 0 Å². The highest BCUT2D eigenvalue weighted by atomic mass is 19.1. The van der Waals surface area contributed by atoms with Crippen LogP contribution in [0.4, 0.5) is 4.39 Å². The summed E-state index contributed by atoms with van der Waals surface area (Å²) in [6.45, 7) is 0. The van der Waals surface area contributed by atoms with Gasteiger partial charge in [-0.05, 0) is 23.6 Å². The molecule has 0 saturated heterocycles. The van der Waals surface area contributed by atoms with E-state index < -0.39 is 22.9 Å². The van der Waals surface area contributed by atoms with E-state index in [0.29, 0.717) is 5.39 Å². The summed E-state index contributed by atoms with van der Waals surface area (Å²) in [6.07, 6.45) is 1.35. The Bertz CT molecular complexity index is 603. The standard InChI is InChI=1S/C10H6FNO3/c11-6-2-1-5-4-12-9(13)8(10(14)15)7(5)3-6/h1-4H,(H,12,13)(H,14,15). The van der Waals surface area contributed by atoms with Crippen LogP contribution in [-0.2, 0) is 0 Å². The van der Waals surface area contributed by atoms with Gasteiger partial charge in [0.15, 0.2) is 0 Å². The Morgan fingerprint density at radius 3 is 2.80 bits per heavy atom. The number of carbonyl (C=O) groups is 1. The third-order valence-corrected chi connectivity index (χ3v) is 2.08. The van der Waals surface area contributed by atoms with Gasteiger partial charge in [0.05, 0.1) is 0 Å². The first-order valence-corrected chi connectivity index (χ1v) is 4.14. The SMILES string of the molecule is O=C(O)c1c(=O)[nH]cc2ccc(F)cc12. The zero-order chi connectivity index (χ0) is 11.0. The molecule has 0 amide bonds. The first kappa shape index (κ1) is 9.39. The second-order valence-corrected chi connectivity index (χ2v) is 3.03. The van der Waals surface area contributed by atoms with Crippen molar-refractivity contribution in [2.75, 3.05) is 0 Å². The third-order valence-electron chi connectivity index (χ3n) is 2.08. The lowest BCUT2D eigenvalue weighted by Gasteiger charge is -2.00. The van der Waals surface area contributed by atoms with E-state index in [1.165, 1.54) is 18.3 Å². The maximum Gasteiger partial charge on any atom is 0.341 e. The molecule has 0 saturated carbocycles. The highest BCUT2D eigenvalue weighted by Crippen LogP contribution is 2.16. The van der Waals surface area contributed by atoms with Gasteiger partial charge in [-0.1, -0.05) is 0 Å². The number of nitrogens with one attached hydrogen (secondary N) is 1. The fraction of sp³-hybridized carbons (Fsp3) is 0. The van der Waals surface area contributed by atoms with Gasteiger partial charge in [0, 0.05) is 11.6 Å². The molecule has 1 heterocycles. The average molecular weight is 207 g/mol. The van der Waals surface area contributed by atoms with Gasteiger partial charge in [-0.3, -0.25) is 4.79 Å². The predicted molar refractivity (Wildman–Crippen MR) is 51.5 cm³/mol. The lowest BCUT2D eigenvalue weighted by atomic mass is 10.1. The van der Waals surface area contributed by atoms with Crippen LogP contribution in [0.5, 0.6) is 0 Å². The molecule has 0 unspecified atom stereocenters. The maximum absolute atomic E-state index is 12.9. The van der Waals surface area contributed by atoms with Crippen molar-refractivity contribution >= 4 is 16.7 Å². The number of H-pyrrole nitrogens is 1. The van der Waals surface area contributed by atoms with Gasteiger partial charge >= 0.3 is 5.97 Å². The van der Waals surface area contributed by atoms with E-state index in [2.05, 4.69) is 4.98 Å². The molecule has 1 aromatic carbocycles. The molecule has 76 valence electrons. The fourth-order valence-electron chi connectivity index (χ4n) is 1.42. The summed E-state index contributed by atoms with van der Waals surface area (Å²) in [6, 6.07) is 3.65. The van der Waals surface area contributed by atoms with Crippen molar-refractivity contribution in [2.45, 2.75) is 0 Å². The van der Waals surface area contributed by atoms with Gasteiger partial charge in [-0.15, -0.1) is 0 Å². The molecule has 0 fully saturated rings. The summed E-state index contributed by atoms with van der Waals surface area (Å²) in [5.74, 6) is -1.94. The summed E-state index contributed by atoms with van der Waals surface area (Å²) >= 11 is 0. The molecule has 15 heavy (non-hydrogen) atoms. The first-order chi connectivity index (χ1) is 7.09. The summed E-state index contributed by atoms with van der Waals surface area (Å²) < 4.78 is 12.9. The highest BCUT2D eigenvalue weighted by molar-refractivity contribution is 6.02.